The molecule has 1 aliphatic heterocycles. The van der Waals surface area contributed by atoms with Crippen LogP contribution in [0.5, 0.6) is 0 Å². The number of hydrogen-bond acceptors (Lipinski definition) is 5. The van der Waals surface area contributed by atoms with Gasteiger partial charge in [-0.05, 0) is 33.6 Å². The summed E-state index contributed by atoms with van der Waals surface area (Å²) in [6.45, 7) is 7.44. The molecule has 0 radical (unpaired) electrons. The van der Waals surface area contributed by atoms with Gasteiger partial charge < -0.3 is 9.47 Å². The molecule has 0 amide bonds. The van der Waals surface area contributed by atoms with Gasteiger partial charge >= 0.3 is 6.16 Å². The molecule has 1 rings (SSSR count). The van der Waals surface area contributed by atoms with Crippen LogP contribution < -0.4 is 0 Å². The third-order valence-corrected chi connectivity index (χ3v) is 1.99. The molecule has 1 fully saturated rings. The highest BCUT2D eigenvalue weighted by Gasteiger charge is 2.39. The molecular weight excluding hydrogens is 212 g/mol. The Bertz CT molecular complexity index is 229. The molecule has 0 N–H and O–H groups in total. The van der Waals surface area contributed by atoms with Crippen molar-refractivity contribution in [2.75, 3.05) is 0 Å². The van der Waals surface area contributed by atoms with Crippen LogP contribution in [0.1, 0.15) is 47.0 Å². The molecular formula is C11H20O5. The van der Waals surface area contributed by atoms with Gasteiger partial charge in [0.2, 0.25) is 0 Å². The Morgan fingerprint density at radius 1 is 1.38 bits per heavy atom. The minimum atomic E-state index is -0.673. The molecule has 16 heavy (non-hydrogen) atoms. The molecule has 1 atom stereocenters. The van der Waals surface area contributed by atoms with Crippen LogP contribution in [0.2, 0.25) is 0 Å². The van der Waals surface area contributed by atoms with Gasteiger partial charge in [-0.3, -0.25) is 0 Å². The normalized spacial score (nSPS) is 18.0. The van der Waals surface area contributed by atoms with Gasteiger partial charge in [-0.2, -0.15) is 9.78 Å². The summed E-state index contributed by atoms with van der Waals surface area (Å²) in [5.41, 5.74) is -0.544. The number of hydrogen-bond donors (Lipinski definition) is 0. The molecule has 0 aromatic rings. The Morgan fingerprint density at radius 2 is 2.00 bits per heavy atom. The van der Waals surface area contributed by atoms with Gasteiger partial charge in [0.1, 0.15) is 5.60 Å². The third-order valence-electron chi connectivity index (χ3n) is 1.99. The standard InChI is InChI=1S/C11H20O5/c1-5-6-7-8(9-15-16-9)13-10(12)14-11(2,3)4/h8-9H,5-7H2,1-4H3. The predicted molar refractivity (Wildman–Crippen MR) is 56.6 cm³/mol. The van der Waals surface area contributed by atoms with E-state index in [1.165, 1.54) is 0 Å². The zero-order valence-corrected chi connectivity index (χ0v) is 10.3. The summed E-state index contributed by atoms with van der Waals surface area (Å²) in [6, 6.07) is 0. The SMILES string of the molecule is CCCCC(OC(=O)OC(C)(C)C)C1OO1. The molecule has 0 bridgehead atoms. The molecule has 1 saturated heterocycles. The first-order valence-electron chi connectivity index (χ1n) is 5.64. The summed E-state index contributed by atoms with van der Waals surface area (Å²) in [6.07, 6.45) is 1.25. The summed E-state index contributed by atoms with van der Waals surface area (Å²) in [5, 5.41) is 0. The van der Waals surface area contributed by atoms with E-state index < -0.39 is 18.0 Å². The van der Waals surface area contributed by atoms with Crippen molar-refractivity contribution in [2.45, 2.75) is 65.0 Å². The molecule has 1 unspecified atom stereocenters. The monoisotopic (exact) mass is 232 g/mol. The topological polar surface area (TPSA) is 60.6 Å². The smallest absolute Gasteiger partial charge is 0.429 e. The number of rotatable bonds is 5. The maximum atomic E-state index is 11.4. The van der Waals surface area contributed by atoms with Crippen molar-refractivity contribution in [3.8, 4) is 0 Å². The van der Waals surface area contributed by atoms with E-state index in [2.05, 4.69) is 16.7 Å². The Morgan fingerprint density at radius 3 is 2.44 bits per heavy atom. The van der Waals surface area contributed by atoms with Gasteiger partial charge in [-0.25, -0.2) is 4.79 Å². The predicted octanol–water partition coefficient (Wildman–Crippen LogP) is 2.78. The van der Waals surface area contributed by atoms with E-state index >= 15 is 0 Å². The first-order valence-corrected chi connectivity index (χ1v) is 5.64. The second-order valence-electron chi connectivity index (χ2n) is 4.82. The molecule has 0 aliphatic carbocycles. The number of unbranched alkanes of at least 4 members (excludes halogenated alkanes) is 1. The average molecular weight is 232 g/mol. The second kappa shape index (κ2) is 5.50. The molecule has 0 aromatic carbocycles. The van der Waals surface area contributed by atoms with E-state index in [1.54, 1.807) is 20.8 Å². The molecule has 1 aliphatic rings. The Balaban J connectivity index is 2.33. The van der Waals surface area contributed by atoms with E-state index in [-0.39, 0.29) is 6.10 Å². The summed E-state index contributed by atoms with van der Waals surface area (Å²) < 4.78 is 10.2. The van der Waals surface area contributed by atoms with Crippen LogP contribution in [0.25, 0.3) is 0 Å². The molecule has 0 aromatic heterocycles. The lowest BCUT2D eigenvalue weighted by atomic mass is 10.1. The maximum Gasteiger partial charge on any atom is 0.509 e. The molecule has 5 heteroatoms. The molecule has 0 saturated carbocycles. The van der Waals surface area contributed by atoms with Crippen molar-refractivity contribution in [2.24, 2.45) is 0 Å². The van der Waals surface area contributed by atoms with Crippen molar-refractivity contribution in [3.05, 3.63) is 0 Å². The number of carbonyl (C=O) groups excluding carboxylic acids is 1. The van der Waals surface area contributed by atoms with Crippen LogP contribution in [0.15, 0.2) is 0 Å². The van der Waals surface area contributed by atoms with Crippen LogP contribution >= 0.6 is 0 Å². The summed E-state index contributed by atoms with van der Waals surface area (Å²) in [7, 11) is 0. The fourth-order valence-electron chi connectivity index (χ4n) is 1.21. The second-order valence-corrected chi connectivity index (χ2v) is 4.82. The van der Waals surface area contributed by atoms with Crippen molar-refractivity contribution in [1.29, 1.82) is 0 Å². The highest BCUT2D eigenvalue weighted by Crippen LogP contribution is 2.24. The Labute approximate surface area is 95.9 Å². The van der Waals surface area contributed by atoms with Crippen molar-refractivity contribution in [3.63, 3.8) is 0 Å². The number of carbonyl (C=O) groups is 1. The fraction of sp³-hybridized carbons (Fsp3) is 0.909. The first-order chi connectivity index (χ1) is 7.42. The van der Waals surface area contributed by atoms with E-state index in [1.807, 2.05) is 0 Å². The van der Waals surface area contributed by atoms with E-state index in [0.29, 0.717) is 0 Å². The maximum absolute atomic E-state index is 11.4. The van der Waals surface area contributed by atoms with Gasteiger partial charge in [0.05, 0.1) is 0 Å². The molecule has 94 valence electrons. The minimum absolute atomic E-state index is 0.366. The van der Waals surface area contributed by atoms with Gasteiger partial charge in [-0.1, -0.05) is 13.3 Å². The first kappa shape index (κ1) is 13.3. The van der Waals surface area contributed by atoms with Gasteiger partial charge in [-0.15, -0.1) is 0 Å². The fourth-order valence-corrected chi connectivity index (χ4v) is 1.21. The lowest BCUT2D eigenvalue weighted by molar-refractivity contribution is -0.0350. The van der Waals surface area contributed by atoms with Crippen molar-refractivity contribution >= 4 is 6.16 Å². The average Bonchev–Trinajstić information content (AvgIpc) is 2.91. The van der Waals surface area contributed by atoms with Crippen LogP contribution in [-0.2, 0) is 19.2 Å². The Hall–Kier alpha value is -0.810. The van der Waals surface area contributed by atoms with Crippen molar-refractivity contribution in [1.82, 2.24) is 0 Å². The van der Waals surface area contributed by atoms with Crippen LogP contribution in [-0.4, -0.2) is 24.2 Å². The van der Waals surface area contributed by atoms with Crippen molar-refractivity contribution < 1.29 is 24.0 Å². The Kier molecular flexibility index (Phi) is 4.56. The number of ether oxygens (including phenoxy) is 2. The third kappa shape index (κ3) is 5.32. The summed E-state index contributed by atoms with van der Waals surface area (Å²) >= 11 is 0. The lowest BCUT2D eigenvalue weighted by Crippen LogP contribution is -2.30. The highest BCUT2D eigenvalue weighted by atomic mass is 17.4. The van der Waals surface area contributed by atoms with Crippen LogP contribution in [0.4, 0.5) is 4.79 Å². The van der Waals surface area contributed by atoms with E-state index in [4.69, 9.17) is 9.47 Å². The van der Waals surface area contributed by atoms with Gasteiger partial charge in [0.25, 0.3) is 6.29 Å². The molecule has 5 nitrogen and oxygen atoms in total. The quantitative estimate of drug-likeness (QED) is 0.414. The lowest BCUT2D eigenvalue weighted by Gasteiger charge is -2.21. The summed E-state index contributed by atoms with van der Waals surface area (Å²) in [4.78, 5) is 20.7. The molecule has 0 spiro atoms. The molecule has 1 heterocycles. The zero-order chi connectivity index (χ0) is 12.2. The highest BCUT2D eigenvalue weighted by molar-refractivity contribution is 5.60. The summed E-state index contributed by atoms with van der Waals surface area (Å²) in [5.74, 6) is 0. The zero-order valence-electron chi connectivity index (χ0n) is 10.3. The van der Waals surface area contributed by atoms with E-state index in [0.717, 1.165) is 19.3 Å². The largest absolute Gasteiger partial charge is 0.509 e. The van der Waals surface area contributed by atoms with Crippen LogP contribution in [0.3, 0.4) is 0 Å². The van der Waals surface area contributed by atoms with E-state index in [9.17, 15) is 4.79 Å². The minimum Gasteiger partial charge on any atom is -0.429 e. The van der Waals surface area contributed by atoms with Crippen LogP contribution in [0, 0.1) is 0 Å². The van der Waals surface area contributed by atoms with Gasteiger partial charge in [0, 0.05) is 0 Å². The van der Waals surface area contributed by atoms with Gasteiger partial charge in [0.15, 0.2) is 6.10 Å².